The second-order valence-electron chi connectivity index (χ2n) is 7.11. The lowest BCUT2D eigenvalue weighted by Gasteiger charge is -2.32. The van der Waals surface area contributed by atoms with E-state index in [1.807, 2.05) is 18.0 Å². The van der Waals surface area contributed by atoms with Crippen LogP contribution >= 0.6 is 0 Å². The van der Waals surface area contributed by atoms with Crippen LogP contribution in [0.2, 0.25) is 0 Å². The number of piperidine rings is 1. The first-order chi connectivity index (χ1) is 13.0. The van der Waals surface area contributed by atoms with Crippen molar-refractivity contribution in [3.05, 3.63) is 29.8 Å². The van der Waals surface area contributed by atoms with Gasteiger partial charge in [0, 0.05) is 37.7 Å². The molecule has 0 aromatic heterocycles. The molecule has 8 heteroatoms. The molecule has 0 saturated carbocycles. The number of nitrogens with zero attached hydrogens (tertiary/aromatic N) is 2. The predicted molar refractivity (Wildman–Crippen MR) is 105 cm³/mol. The van der Waals surface area contributed by atoms with Crippen molar-refractivity contribution in [1.29, 1.82) is 0 Å². The van der Waals surface area contributed by atoms with Gasteiger partial charge in [-0.25, -0.2) is 8.42 Å². The van der Waals surface area contributed by atoms with Gasteiger partial charge < -0.3 is 10.2 Å². The van der Waals surface area contributed by atoms with Crippen LogP contribution in [-0.4, -0.2) is 57.8 Å². The summed E-state index contributed by atoms with van der Waals surface area (Å²) in [6, 6.07) is 7.28. The molecule has 0 spiro atoms. The summed E-state index contributed by atoms with van der Waals surface area (Å²) < 4.78 is 26.6. The molecule has 1 amide bonds. The molecule has 0 aliphatic carbocycles. The van der Waals surface area contributed by atoms with Gasteiger partial charge in [0.05, 0.1) is 4.90 Å². The second kappa shape index (κ2) is 8.84. The van der Waals surface area contributed by atoms with Gasteiger partial charge in [-0.2, -0.15) is 0 Å². The number of hydrogen-bond donors (Lipinski definition) is 2. The SMILES string of the molecule is CNC1CCCN(C(=O)CCCCCN=C2NS(=O)(=O)c3ccccc32)C1. The van der Waals surface area contributed by atoms with Gasteiger partial charge in [0.15, 0.2) is 0 Å². The second-order valence-corrected chi connectivity index (χ2v) is 8.76. The Bertz CT molecular complexity index is 807. The van der Waals surface area contributed by atoms with E-state index in [4.69, 9.17) is 0 Å². The van der Waals surface area contributed by atoms with Crippen molar-refractivity contribution < 1.29 is 13.2 Å². The number of rotatable bonds is 7. The van der Waals surface area contributed by atoms with Crippen LogP contribution in [0.4, 0.5) is 0 Å². The Hall–Kier alpha value is -1.93. The summed E-state index contributed by atoms with van der Waals surface area (Å²) in [4.78, 5) is 19.0. The molecule has 1 fully saturated rings. The highest BCUT2D eigenvalue weighted by Gasteiger charge is 2.29. The van der Waals surface area contributed by atoms with Gasteiger partial charge in [-0.15, -0.1) is 0 Å². The average molecular weight is 393 g/mol. The minimum Gasteiger partial charge on any atom is -0.341 e. The lowest BCUT2D eigenvalue weighted by molar-refractivity contribution is -0.132. The van der Waals surface area contributed by atoms with Gasteiger partial charge in [-0.3, -0.25) is 14.5 Å². The Morgan fingerprint density at radius 2 is 2.11 bits per heavy atom. The van der Waals surface area contributed by atoms with E-state index in [2.05, 4.69) is 15.0 Å². The van der Waals surface area contributed by atoms with Crippen molar-refractivity contribution in [1.82, 2.24) is 14.9 Å². The highest BCUT2D eigenvalue weighted by Crippen LogP contribution is 2.22. The Morgan fingerprint density at radius 3 is 2.93 bits per heavy atom. The van der Waals surface area contributed by atoms with E-state index in [1.165, 1.54) is 0 Å². The molecule has 2 heterocycles. The van der Waals surface area contributed by atoms with Crippen molar-refractivity contribution in [2.75, 3.05) is 26.7 Å². The van der Waals surface area contributed by atoms with E-state index in [9.17, 15) is 13.2 Å². The van der Waals surface area contributed by atoms with E-state index >= 15 is 0 Å². The zero-order valence-electron chi connectivity index (χ0n) is 15.8. The molecule has 0 radical (unpaired) electrons. The van der Waals surface area contributed by atoms with Gasteiger partial charge in [0.1, 0.15) is 5.84 Å². The van der Waals surface area contributed by atoms with Crippen LogP contribution in [0, 0.1) is 0 Å². The first-order valence-corrected chi connectivity index (χ1v) is 11.1. The Morgan fingerprint density at radius 1 is 1.30 bits per heavy atom. The number of hydrogen-bond acceptors (Lipinski definition) is 5. The number of amidine groups is 1. The zero-order chi connectivity index (χ0) is 19.3. The lowest BCUT2D eigenvalue weighted by Crippen LogP contribution is -2.46. The molecular formula is C19H28N4O3S. The molecule has 2 aliphatic rings. The predicted octanol–water partition coefficient (Wildman–Crippen LogP) is 1.50. The van der Waals surface area contributed by atoms with E-state index < -0.39 is 10.0 Å². The number of aliphatic imine (C=N–C) groups is 1. The molecule has 1 unspecified atom stereocenters. The van der Waals surface area contributed by atoms with Crippen LogP contribution in [0.5, 0.6) is 0 Å². The fourth-order valence-corrected chi connectivity index (χ4v) is 4.86. The Labute approximate surface area is 161 Å². The summed E-state index contributed by atoms with van der Waals surface area (Å²) in [5.41, 5.74) is 0.636. The number of sulfonamides is 1. The minimum absolute atomic E-state index is 0.235. The maximum absolute atomic E-state index is 12.3. The number of unbranched alkanes of at least 4 members (excludes halogenated alkanes) is 2. The van der Waals surface area contributed by atoms with Crippen LogP contribution in [0.1, 0.15) is 44.1 Å². The molecule has 2 N–H and O–H groups in total. The van der Waals surface area contributed by atoms with Crippen molar-refractivity contribution in [3.63, 3.8) is 0 Å². The third-order valence-corrected chi connectivity index (χ3v) is 6.56. The smallest absolute Gasteiger partial charge is 0.263 e. The van der Waals surface area contributed by atoms with Crippen LogP contribution in [0.15, 0.2) is 34.2 Å². The quantitative estimate of drug-likeness (QED) is 0.688. The summed E-state index contributed by atoms with van der Waals surface area (Å²) in [5, 5.41) is 3.25. The highest BCUT2D eigenvalue weighted by molar-refractivity contribution is 7.90. The fourth-order valence-electron chi connectivity index (χ4n) is 3.60. The molecule has 27 heavy (non-hydrogen) atoms. The molecule has 3 rings (SSSR count). The lowest BCUT2D eigenvalue weighted by atomic mass is 10.0. The molecule has 2 aliphatic heterocycles. The number of benzene rings is 1. The zero-order valence-corrected chi connectivity index (χ0v) is 16.6. The van der Waals surface area contributed by atoms with Gasteiger partial charge in [0.25, 0.3) is 10.0 Å². The van der Waals surface area contributed by atoms with Crippen LogP contribution in [-0.2, 0) is 14.8 Å². The molecule has 1 saturated heterocycles. The van der Waals surface area contributed by atoms with E-state index in [1.54, 1.807) is 18.2 Å². The van der Waals surface area contributed by atoms with Gasteiger partial charge in [-0.05, 0) is 44.9 Å². The van der Waals surface area contributed by atoms with Gasteiger partial charge in [-0.1, -0.05) is 18.6 Å². The molecule has 0 bridgehead atoms. The van der Waals surface area contributed by atoms with Crippen molar-refractivity contribution >= 4 is 21.8 Å². The summed E-state index contributed by atoms with van der Waals surface area (Å²) in [5.74, 6) is 0.659. The van der Waals surface area contributed by atoms with Gasteiger partial charge in [0.2, 0.25) is 5.91 Å². The third-order valence-electron chi connectivity index (χ3n) is 5.16. The standard InChI is InChI=1S/C19H28N4O3S/c1-20-15-8-7-13-23(14-15)18(24)11-3-2-6-12-21-19-16-9-4-5-10-17(16)27(25,26)22-19/h4-5,9-10,15,20H,2-3,6-8,11-14H2,1H3,(H,21,22). The number of likely N-dealkylation sites (N-methyl/N-ethyl adjacent to an activating group) is 1. The number of carbonyl (C=O) groups excluding carboxylic acids is 1. The molecule has 1 aromatic rings. The number of fused-ring (bicyclic) bond motifs is 1. The number of nitrogens with one attached hydrogen (secondary N) is 2. The molecular weight excluding hydrogens is 364 g/mol. The number of likely N-dealkylation sites (tertiary alicyclic amines) is 1. The minimum atomic E-state index is -3.47. The van der Waals surface area contributed by atoms with Crippen molar-refractivity contribution in [2.24, 2.45) is 4.99 Å². The maximum atomic E-state index is 12.3. The van der Waals surface area contributed by atoms with Crippen LogP contribution < -0.4 is 10.0 Å². The van der Waals surface area contributed by atoms with E-state index in [0.29, 0.717) is 30.4 Å². The van der Waals surface area contributed by atoms with Gasteiger partial charge >= 0.3 is 0 Å². The Kier molecular flexibility index (Phi) is 6.49. The molecule has 1 atom stereocenters. The van der Waals surface area contributed by atoms with E-state index in [0.717, 1.165) is 45.2 Å². The van der Waals surface area contributed by atoms with Crippen LogP contribution in [0.3, 0.4) is 0 Å². The summed E-state index contributed by atoms with van der Waals surface area (Å²) in [7, 11) is -1.52. The third kappa shape index (κ3) is 4.87. The first kappa shape index (κ1) is 19.8. The molecule has 7 nitrogen and oxygen atoms in total. The molecule has 1 aromatic carbocycles. The van der Waals surface area contributed by atoms with E-state index in [-0.39, 0.29) is 10.8 Å². The topological polar surface area (TPSA) is 90.9 Å². The Balaban J connectivity index is 1.40. The highest BCUT2D eigenvalue weighted by atomic mass is 32.2. The molecule has 148 valence electrons. The summed E-state index contributed by atoms with van der Waals surface area (Å²) in [6.07, 6.45) is 5.34. The fraction of sp³-hybridized carbons (Fsp3) is 0.579. The van der Waals surface area contributed by atoms with Crippen molar-refractivity contribution in [2.45, 2.75) is 49.5 Å². The normalized spacial score (nSPS) is 22.5. The monoisotopic (exact) mass is 392 g/mol. The average Bonchev–Trinajstić information content (AvgIpc) is 2.95. The first-order valence-electron chi connectivity index (χ1n) is 9.63. The largest absolute Gasteiger partial charge is 0.341 e. The summed E-state index contributed by atoms with van der Waals surface area (Å²) in [6.45, 7) is 2.22. The number of carbonyl (C=O) groups is 1. The number of amides is 1. The van der Waals surface area contributed by atoms with Crippen LogP contribution in [0.25, 0.3) is 0 Å². The maximum Gasteiger partial charge on any atom is 0.263 e. The summed E-state index contributed by atoms with van der Waals surface area (Å²) >= 11 is 0. The van der Waals surface area contributed by atoms with Crippen molar-refractivity contribution in [3.8, 4) is 0 Å².